The second kappa shape index (κ2) is 5.69. The number of nitrogens with one attached hydrogen (secondary N) is 1. The van der Waals surface area contributed by atoms with E-state index in [2.05, 4.69) is 21.2 Å². The minimum Gasteiger partial charge on any atom is -0.339 e. The van der Waals surface area contributed by atoms with E-state index in [0.29, 0.717) is 0 Å². The lowest BCUT2D eigenvalue weighted by atomic mass is 10.0. The molecule has 0 aromatic heterocycles. The highest BCUT2D eigenvalue weighted by Crippen LogP contribution is 2.25. The van der Waals surface area contributed by atoms with Gasteiger partial charge in [-0.15, -0.1) is 0 Å². The number of carbonyl (C=O) groups is 2. The molecule has 106 valence electrons. The van der Waals surface area contributed by atoms with E-state index in [0.717, 1.165) is 15.7 Å². The highest BCUT2D eigenvalue weighted by Gasteiger charge is 2.34. The van der Waals surface area contributed by atoms with Crippen LogP contribution in [-0.2, 0) is 9.59 Å². The van der Waals surface area contributed by atoms with Gasteiger partial charge in [0.25, 0.3) is 5.91 Å². The van der Waals surface area contributed by atoms with Crippen LogP contribution in [0.5, 0.6) is 0 Å². The Morgan fingerprint density at radius 1 is 1.00 bits per heavy atom. The molecule has 2 aromatic rings. The minimum absolute atomic E-state index is 0.0454. The molecule has 3 rings (SSSR count). The quantitative estimate of drug-likeness (QED) is 0.910. The molecule has 1 aliphatic heterocycles. The third kappa shape index (κ3) is 2.83. The van der Waals surface area contributed by atoms with Crippen molar-refractivity contribution in [2.75, 3.05) is 11.4 Å². The zero-order valence-corrected chi connectivity index (χ0v) is 12.7. The number of rotatable bonds is 2. The van der Waals surface area contributed by atoms with Gasteiger partial charge in [0.1, 0.15) is 12.6 Å². The predicted molar refractivity (Wildman–Crippen MR) is 83.8 cm³/mol. The van der Waals surface area contributed by atoms with Gasteiger partial charge in [0.2, 0.25) is 5.91 Å². The normalized spacial score (nSPS) is 18.5. The molecular formula is C16H13BrN2O2. The maximum Gasteiger partial charge on any atom is 0.254 e. The van der Waals surface area contributed by atoms with E-state index < -0.39 is 6.04 Å². The number of carbonyl (C=O) groups excluding carboxylic acids is 2. The number of hydrogen-bond donors (Lipinski definition) is 1. The summed E-state index contributed by atoms with van der Waals surface area (Å²) in [7, 11) is 0. The molecule has 2 aromatic carbocycles. The largest absolute Gasteiger partial charge is 0.339 e. The monoisotopic (exact) mass is 344 g/mol. The van der Waals surface area contributed by atoms with Crippen LogP contribution in [0.4, 0.5) is 5.69 Å². The predicted octanol–water partition coefficient (Wildman–Crippen LogP) is 2.65. The maximum atomic E-state index is 12.7. The van der Waals surface area contributed by atoms with Crippen LogP contribution in [0.1, 0.15) is 11.6 Å². The van der Waals surface area contributed by atoms with Gasteiger partial charge in [-0.3, -0.25) is 9.59 Å². The van der Waals surface area contributed by atoms with Gasteiger partial charge in [-0.25, -0.2) is 0 Å². The van der Waals surface area contributed by atoms with Crippen molar-refractivity contribution < 1.29 is 9.59 Å². The average molecular weight is 345 g/mol. The van der Waals surface area contributed by atoms with E-state index in [9.17, 15) is 9.59 Å². The summed E-state index contributed by atoms with van der Waals surface area (Å²) in [5.41, 5.74) is 1.51. The standard InChI is InChI=1S/C16H13BrN2O2/c17-12-6-8-13(9-7-12)19-10-14(20)18-15(16(19)21)11-4-2-1-3-5-11/h1-9,15H,10H2,(H,18,20). The molecule has 4 nitrogen and oxygen atoms in total. The number of nitrogens with zero attached hydrogens (tertiary/aromatic N) is 1. The zero-order valence-electron chi connectivity index (χ0n) is 11.1. The van der Waals surface area contributed by atoms with E-state index in [-0.39, 0.29) is 18.4 Å². The number of hydrogen-bond acceptors (Lipinski definition) is 2. The molecule has 0 bridgehead atoms. The van der Waals surface area contributed by atoms with E-state index in [1.165, 1.54) is 4.90 Å². The summed E-state index contributed by atoms with van der Waals surface area (Å²) in [6.45, 7) is 0.0454. The van der Waals surface area contributed by atoms with E-state index in [4.69, 9.17) is 0 Å². The topological polar surface area (TPSA) is 49.4 Å². The van der Waals surface area contributed by atoms with Gasteiger partial charge in [0, 0.05) is 10.2 Å². The molecule has 1 aliphatic rings. The van der Waals surface area contributed by atoms with Gasteiger partial charge in [0.05, 0.1) is 0 Å². The molecule has 0 radical (unpaired) electrons. The SMILES string of the molecule is O=C1CN(c2ccc(Br)cc2)C(=O)C(c2ccccc2)N1. The van der Waals surface area contributed by atoms with Crippen LogP contribution in [0.15, 0.2) is 59.1 Å². The van der Waals surface area contributed by atoms with Crippen molar-refractivity contribution in [1.29, 1.82) is 0 Å². The summed E-state index contributed by atoms with van der Waals surface area (Å²) < 4.78 is 0.930. The van der Waals surface area contributed by atoms with Crippen molar-refractivity contribution in [1.82, 2.24) is 5.32 Å². The summed E-state index contributed by atoms with van der Waals surface area (Å²) >= 11 is 3.36. The lowest BCUT2D eigenvalue weighted by molar-refractivity contribution is -0.131. The Labute approximate surface area is 130 Å². The van der Waals surface area contributed by atoms with Crippen LogP contribution >= 0.6 is 15.9 Å². The summed E-state index contributed by atoms with van der Waals surface area (Å²) in [6, 6.07) is 16.0. The van der Waals surface area contributed by atoms with Crippen molar-refractivity contribution in [3.05, 3.63) is 64.6 Å². The van der Waals surface area contributed by atoms with Crippen LogP contribution in [-0.4, -0.2) is 18.4 Å². The third-order valence-corrected chi connectivity index (χ3v) is 3.92. The molecule has 1 N–H and O–H groups in total. The Bertz CT molecular complexity index is 670. The van der Waals surface area contributed by atoms with Gasteiger partial charge in [-0.1, -0.05) is 46.3 Å². The summed E-state index contributed by atoms with van der Waals surface area (Å²) in [4.78, 5) is 26.1. The van der Waals surface area contributed by atoms with Crippen molar-refractivity contribution in [2.45, 2.75) is 6.04 Å². The molecule has 2 amide bonds. The Hall–Kier alpha value is -2.14. The molecule has 1 unspecified atom stereocenters. The average Bonchev–Trinajstić information content (AvgIpc) is 2.51. The van der Waals surface area contributed by atoms with Crippen molar-refractivity contribution >= 4 is 33.4 Å². The van der Waals surface area contributed by atoms with Crippen LogP contribution in [0.25, 0.3) is 0 Å². The highest BCUT2D eigenvalue weighted by atomic mass is 79.9. The molecule has 0 spiro atoms. The Kier molecular flexibility index (Phi) is 3.75. The second-order valence-corrected chi connectivity index (χ2v) is 5.73. The van der Waals surface area contributed by atoms with E-state index in [1.807, 2.05) is 54.6 Å². The molecule has 21 heavy (non-hydrogen) atoms. The fraction of sp³-hybridized carbons (Fsp3) is 0.125. The first-order valence-corrected chi connectivity index (χ1v) is 7.36. The Balaban J connectivity index is 1.93. The Morgan fingerprint density at radius 3 is 2.33 bits per heavy atom. The van der Waals surface area contributed by atoms with Gasteiger partial charge in [-0.2, -0.15) is 0 Å². The molecule has 1 saturated heterocycles. The lowest BCUT2D eigenvalue weighted by Gasteiger charge is -2.32. The number of halogens is 1. The van der Waals surface area contributed by atoms with Gasteiger partial charge >= 0.3 is 0 Å². The van der Waals surface area contributed by atoms with Crippen molar-refractivity contribution in [2.24, 2.45) is 0 Å². The third-order valence-electron chi connectivity index (χ3n) is 3.39. The smallest absolute Gasteiger partial charge is 0.254 e. The van der Waals surface area contributed by atoms with Crippen LogP contribution in [0.3, 0.4) is 0 Å². The first-order chi connectivity index (χ1) is 10.1. The molecule has 0 aliphatic carbocycles. The molecule has 1 heterocycles. The zero-order chi connectivity index (χ0) is 14.8. The van der Waals surface area contributed by atoms with Gasteiger partial charge in [0.15, 0.2) is 0 Å². The highest BCUT2D eigenvalue weighted by molar-refractivity contribution is 9.10. The Morgan fingerprint density at radius 2 is 1.67 bits per heavy atom. The number of piperazine rings is 1. The molecule has 1 atom stereocenters. The van der Waals surface area contributed by atoms with E-state index >= 15 is 0 Å². The first-order valence-electron chi connectivity index (χ1n) is 6.56. The summed E-state index contributed by atoms with van der Waals surface area (Å²) in [6.07, 6.45) is 0. The first kappa shape index (κ1) is 13.8. The molecule has 5 heteroatoms. The number of benzene rings is 2. The number of amides is 2. The van der Waals surface area contributed by atoms with Crippen LogP contribution in [0.2, 0.25) is 0 Å². The fourth-order valence-electron chi connectivity index (χ4n) is 2.36. The molecule has 0 saturated carbocycles. The van der Waals surface area contributed by atoms with Gasteiger partial charge in [-0.05, 0) is 29.8 Å². The van der Waals surface area contributed by atoms with Crippen molar-refractivity contribution in [3.63, 3.8) is 0 Å². The lowest BCUT2D eigenvalue weighted by Crippen LogP contribution is -2.53. The molecule has 1 fully saturated rings. The number of anilines is 1. The second-order valence-electron chi connectivity index (χ2n) is 4.81. The van der Waals surface area contributed by atoms with Crippen LogP contribution in [0, 0.1) is 0 Å². The minimum atomic E-state index is -0.629. The summed E-state index contributed by atoms with van der Waals surface area (Å²) in [5.74, 6) is -0.283. The summed E-state index contributed by atoms with van der Waals surface area (Å²) in [5, 5.41) is 2.75. The van der Waals surface area contributed by atoms with E-state index in [1.54, 1.807) is 0 Å². The molecular weight excluding hydrogens is 332 g/mol. The van der Waals surface area contributed by atoms with Gasteiger partial charge < -0.3 is 10.2 Å². The fourth-order valence-corrected chi connectivity index (χ4v) is 2.62. The maximum absolute atomic E-state index is 12.7. The van der Waals surface area contributed by atoms with Crippen LogP contribution < -0.4 is 10.2 Å². The van der Waals surface area contributed by atoms with Crippen molar-refractivity contribution in [3.8, 4) is 0 Å².